The van der Waals surface area contributed by atoms with Crippen LogP contribution in [0.4, 0.5) is 0 Å². The number of hydrogen-bond acceptors (Lipinski definition) is 0. The van der Waals surface area contributed by atoms with Crippen molar-refractivity contribution in [3.05, 3.63) is 0 Å². The molecule has 2 fully saturated rings. The minimum atomic E-state index is 0.878. The van der Waals surface area contributed by atoms with Gasteiger partial charge in [0.05, 0.1) is 0 Å². The molecule has 2 aliphatic rings. The lowest BCUT2D eigenvalue weighted by Gasteiger charge is -2.62. The van der Waals surface area contributed by atoms with E-state index in [0.29, 0.717) is 0 Å². The summed E-state index contributed by atoms with van der Waals surface area (Å²) in [5, 5.41) is 0. The summed E-state index contributed by atoms with van der Waals surface area (Å²) in [4.78, 5) is 0. The van der Waals surface area contributed by atoms with Crippen molar-refractivity contribution in [2.45, 2.75) is 52.4 Å². The van der Waals surface area contributed by atoms with Crippen LogP contribution in [0.5, 0.6) is 0 Å². The Bertz CT molecular complexity index is 136. The first-order chi connectivity index (χ1) is 5.33. The number of rotatable bonds is 3. The van der Waals surface area contributed by atoms with Crippen LogP contribution >= 0.6 is 0 Å². The van der Waals surface area contributed by atoms with Crippen LogP contribution in [0.25, 0.3) is 0 Å². The molecule has 0 aliphatic heterocycles. The predicted molar refractivity (Wildman–Crippen MR) is 48.5 cm³/mol. The SMILES string of the molecule is CCC(CC)C12CCC1CC2. The van der Waals surface area contributed by atoms with Crippen molar-refractivity contribution in [1.82, 2.24) is 0 Å². The molecule has 0 aromatic carbocycles. The minimum absolute atomic E-state index is 0.878. The van der Waals surface area contributed by atoms with Crippen molar-refractivity contribution < 1.29 is 0 Å². The highest BCUT2D eigenvalue weighted by atomic mass is 14.6. The summed E-state index contributed by atoms with van der Waals surface area (Å²) in [7, 11) is 0. The molecule has 0 spiro atoms. The Kier molecular flexibility index (Phi) is 1.74. The third-order valence-corrected chi connectivity index (χ3v) is 4.53. The molecule has 0 heteroatoms. The van der Waals surface area contributed by atoms with E-state index in [2.05, 4.69) is 13.8 Å². The lowest BCUT2D eigenvalue weighted by Crippen LogP contribution is -2.53. The van der Waals surface area contributed by atoms with E-state index in [1.165, 1.54) is 12.8 Å². The van der Waals surface area contributed by atoms with Gasteiger partial charge >= 0.3 is 0 Å². The summed E-state index contributed by atoms with van der Waals surface area (Å²) in [6.07, 6.45) is 9.07. The van der Waals surface area contributed by atoms with E-state index in [0.717, 1.165) is 17.3 Å². The highest BCUT2D eigenvalue weighted by Crippen LogP contribution is 2.66. The molecule has 0 N–H and O–H groups in total. The van der Waals surface area contributed by atoms with E-state index in [-0.39, 0.29) is 0 Å². The van der Waals surface area contributed by atoms with Crippen LogP contribution in [0.15, 0.2) is 0 Å². The quantitative estimate of drug-likeness (QED) is 0.579. The smallest absolute Gasteiger partial charge is 0.0241 e. The Labute approximate surface area is 70.4 Å². The molecule has 0 amide bonds. The zero-order chi connectivity index (χ0) is 7.90. The van der Waals surface area contributed by atoms with Crippen molar-refractivity contribution in [2.24, 2.45) is 17.3 Å². The maximum Gasteiger partial charge on any atom is -0.0241 e. The van der Waals surface area contributed by atoms with Gasteiger partial charge in [0.25, 0.3) is 0 Å². The van der Waals surface area contributed by atoms with Crippen molar-refractivity contribution in [1.29, 1.82) is 0 Å². The molecule has 0 saturated heterocycles. The fourth-order valence-corrected chi connectivity index (χ4v) is 3.55. The van der Waals surface area contributed by atoms with Gasteiger partial charge < -0.3 is 0 Å². The van der Waals surface area contributed by atoms with Crippen molar-refractivity contribution >= 4 is 0 Å². The molecule has 0 atom stereocenters. The molecule has 2 rings (SSSR count). The van der Waals surface area contributed by atoms with Gasteiger partial charge in [-0.15, -0.1) is 0 Å². The van der Waals surface area contributed by atoms with Crippen LogP contribution < -0.4 is 0 Å². The molecule has 2 saturated carbocycles. The van der Waals surface area contributed by atoms with Gasteiger partial charge in [-0.3, -0.25) is 0 Å². The van der Waals surface area contributed by atoms with E-state index >= 15 is 0 Å². The van der Waals surface area contributed by atoms with E-state index in [1.807, 2.05) is 0 Å². The molecule has 0 nitrogen and oxygen atoms in total. The lowest BCUT2D eigenvalue weighted by molar-refractivity contribution is -0.125. The first-order valence-corrected chi connectivity index (χ1v) is 5.33. The molecule has 0 heterocycles. The highest BCUT2D eigenvalue weighted by molar-refractivity contribution is 5.06. The van der Waals surface area contributed by atoms with Gasteiger partial charge in [0.2, 0.25) is 0 Å². The summed E-state index contributed by atoms with van der Waals surface area (Å²) in [6.45, 7) is 4.74. The first kappa shape index (κ1) is 7.64. The summed E-state index contributed by atoms with van der Waals surface area (Å²) < 4.78 is 0. The van der Waals surface area contributed by atoms with Gasteiger partial charge in [-0.1, -0.05) is 26.7 Å². The summed E-state index contributed by atoms with van der Waals surface area (Å²) in [5.74, 6) is 2.22. The van der Waals surface area contributed by atoms with Gasteiger partial charge in [-0.05, 0) is 42.9 Å². The zero-order valence-electron chi connectivity index (χ0n) is 7.90. The molecule has 2 aliphatic carbocycles. The van der Waals surface area contributed by atoms with Crippen LogP contribution in [-0.2, 0) is 0 Å². The largest absolute Gasteiger partial charge is 0.0651 e. The molecular formula is C11H20. The number of hydrogen-bond donors (Lipinski definition) is 0. The van der Waals surface area contributed by atoms with Crippen molar-refractivity contribution in [2.75, 3.05) is 0 Å². The van der Waals surface area contributed by atoms with Crippen LogP contribution in [0, 0.1) is 17.3 Å². The highest BCUT2D eigenvalue weighted by Gasteiger charge is 2.56. The molecule has 0 bridgehead atoms. The zero-order valence-corrected chi connectivity index (χ0v) is 7.90. The van der Waals surface area contributed by atoms with E-state index in [4.69, 9.17) is 0 Å². The molecule has 0 unspecified atom stereocenters. The molecule has 64 valence electrons. The Morgan fingerprint density at radius 1 is 1.18 bits per heavy atom. The summed E-state index contributed by atoms with van der Waals surface area (Å²) in [5.41, 5.74) is 0.878. The van der Waals surface area contributed by atoms with Gasteiger partial charge in [0.15, 0.2) is 0 Å². The molecule has 0 aromatic heterocycles. The van der Waals surface area contributed by atoms with E-state index < -0.39 is 0 Å². The lowest BCUT2D eigenvalue weighted by atomic mass is 9.42. The van der Waals surface area contributed by atoms with Crippen molar-refractivity contribution in [3.8, 4) is 0 Å². The normalized spacial score (nSPS) is 41.2. The van der Waals surface area contributed by atoms with E-state index in [9.17, 15) is 0 Å². The van der Waals surface area contributed by atoms with E-state index in [1.54, 1.807) is 25.7 Å². The molecule has 0 aromatic rings. The van der Waals surface area contributed by atoms with Crippen molar-refractivity contribution in [3.63, 3.8) is 0 Å². The average Bonchev–Trinajstić information content (AvgIpc) is 2.03. The van der Waals surface area contributed by atoms with Gasteiger partial charge in [-0.25, -0.2) is 0 Å². The maximum atomic E-state index is 2.37. The third kappa shape index (κ3) is 0.816. The Hall–Kier alpha value is 0. The van der Waals surface area contributed by atoms with Crippen LogP contribution in [0.1, 0.15) is 52.4 Å². The molecule has 0 radical (unpaired) electrons. The van der Waals surface area contributed by atoms with Crippen LogP contribution in [-0.4, -0.2) is 0 Å². The minimum Gasteiger partial charge on any atom is -0.0651 e. The second-order valence-electron chi connectivity index (χ2n) is 4.52. The number of fused-ring (bicyclic) bond motifs is 1. The molecule has 11 heavy (non-hydrogen) atoms. The second kappa shape index (κ2) is 2.50. The topological polar surface area (TPSA) is 0 Å². The summed E-state index contributed by atoms with van der Waals surface area (Å²) >= 11 is 0. The average molecular weight is 152 g/mol. The summed E-state index contributed by atoms with van der Waals surface area (Å²) in [6, 6.07) is 0. The third-order valence-electron chi connectivity index (χ3n) is 4.53. The molecular weight excluding hydrogens is 132 g/mol. The Morgan fingerprint density at radius 2 is 1.73 bits per heavy atom. The van der Waals surface area contributed by atoms with Crippen LogP contribution in [0.3, 0.4) is 0 Å². The van der Waals surface area contributed by atoms with Gasteiger partial charge in [-0.2, -0.15) is 0 Å². The predicted octanol–water partition coefficient (Wildman–Crippen LogP) is 3.61. The monoisotopic (exact) mass is 152 g/mol. The second-order valence-corrected chi connectivity index (χ2v) is 4.52. The van der Waals surface area contributed by atoms with Crippen LogP contribution in [0.2, 0.25) is 0 Å². The van der Waals surface area contributed by atoms with Gasteiger partial charge in [0.1, 0.15) is 0 Å². The van der Waals surface area contributed by atoms with Gasteiger partial charge in [0, 0.05) is 0 Å². The Morgan fingerprint density at radius 3 is 1.82 bits per heavy atom. The maximum absolute atomic E-state index is 2.37. The Balaban J connectivity index is 2.01. The fraction of sp³-hybridized carbons (Fsp3) is 1.00. The fourth-order valence-electron chi connectivity index (χ4n) is 3.55. The standard InChI is InChI=1S/C11H20/c1-3-9(4-2)11-7-5-10(11)6-8-11/h9-10H,3-8H2,1-2H3. The first-order valence-electron chi connectivity index (χ1n) is 5.33.